The number of hydrogen-bond donors (Lipinski definition) is 2. The quantitative estimate of drug-likeness (QED) is 0.753. The first kappa shape index (κ1) is 20.1. The summed E-state index contributed by atoms with van der Waals surface area (Å²) in [5, 5.41) is 13.9. The van der Waals surface area contributed by atoms with Gasteiger partial charge < -0.3 is 9.84 Å². The Morgan fingerprint density at radius 1 is 1.23 bits per heavy atom. The highest BCUT2D eigenvalue weighted by Gasteiger charge is 2.24. The number of carbonyl (C=O) groups is 2. The van der Waals surface area contributed by atoms with E-state index >= 15 is 0 Å². The Kier molecular flexibility index (Phi) is 5.57. The highest BCUT2D eigenvalue weighted by atomic mass is 32.1. The lowest BCUT2D eigenvalue weighted by Gasteiger charge is -2.19. The van der Waals surface area contributed by atoms with Crippen LogP contribution in [0.25, 0.3) is 10.6 Å². The fourth-order valence-electron chi connectivity index (χ4n) is 2.19. The molecule has 0 saturated heterocycles. The van der Waals surface area contributed by atoms with Crippen molar-refractivity contribution >= 4 is 41.7 Å². The highest BCUT2D eigenvalue weighted by Crippen LogP contribution is 2.32. The summed E-state index contributed by atoms with van der Waals surface area (Å²) in [5.41, 5.74) is -0.0175. The molecule has 0 fully saturated rings. The molecule has 0 spiro atoms. The summed E-state index contributed by atoms with van der Waals surface area (Å²) in [4.78, 5) is 27.7. The second-order valence-electron chi connectivity index (χ2n) is 7.96. The molecule has 0 aliphatic heterocycles. The maximum atomic E-state index is 12.0. The Balaban J connectivity index is 2.38. The number of carboxylic acid groups (broad SMARTS) is 1. The molecule has 1 aromatic carbocycles. The van der Waals surface area contributed by atoms with Crippen molar-refractivity contribution in [3.8, 4) is 10.6 Å². The molecular formula is C18H24N2O4SSi. The zero-order valence-corrected chi connectivity index (χ0v) is 17.7. The van der Waals surface area contributed by atoms with E-state index in [9.17, 15) is 14.7 Å². The van der Waals surface area contributed by atoms with E-state index in [0.717, 1.165) is 16.9 Å². The third kappa shape index (κ3) is 5.15. The van der Waals surface area contributed by atoms with Gasteiger partial charge in [-0.3, -0.25) is 5.32 Å². The average Bonchev–Trinajstić information content (AvgIpc) is 2.88. The molecule has 0 atom stereocenters. The van der Waals surface area contributed by atoms with Gasteiger partial charge in [0.25, 0.3) is 0 Å². The minimum atomic E-state index is -1.51. The van der Waals surface area contributed by atoms with Crippen LogP contribution in [0.3, 0.4) is 0 Å². The van der Waals surface area contributed by atoms with Crippen molar-refractivity contribution in [3.63, 3.8) is 0 Å². The van der Waals surface area contributed by atoms with E-state index in [-0.39, 0.29) is 10.7 Å². The molecule has 1 amide bonds. The lowest BCUT2D eigenvalue weighted by Crippen LogP contribution is -2.37. The molecule has 0 aliphatic carbocycles. The van der Waals surface area contributed by atoms with Crippen LogP contribution in [0.15, 0.2) is 24.3 Å². The van der Waals surface area contributed by atoms with Gasteiger partial charge in [-0.2, -0.15) is 0 Å². The number of thiazole rings is 1. The first-order valence-electron chi connectivity index (χ1n) is 8.22. The number of rotatable bonds is 4. The third-order valence-electron chi connectivity index (χ3n) is 3.42. The number of amides is 1. The number of aromatic nitrogens is 1. The van der Waals surface area contributed by atoms with E-state index in [4.69, 9.17) is 4.74 Å². The summed E-state index contributed by atoms with van der Waals surface area (Å²) in [5.74, 6) is -1.19. The largest absolute Gasteiger partial charge is 0.476 e. The zero-order chi connectivity index (χ0) is 19.7. The van der Waals surface area contributed by atoms with E-state index < -0.39 is 25.7 Å². The molecule has 2 aromatic rings. The monoisotopic (exact) mass is 392 g/mol. The average molecular weight is 393 g/mol. The summed E-state index contributed by atoms with van der Waals surface area (Å²) in [7, 11) is -1.51. The van der Waals surface area contributed by atoms with Crippen LogP contribution in [0.2, 0.25) is 19.6 Å². The molecule has 0 unspecified atom stereocenters. The van der Waals surface area contributed by atoms with Crippen molar-refractivity contribution < 1.29 is 19.4 Å². The van der Waals surface area contributed by atoms with Crippen molar-refractivity contribution in [3.05, 3.63) is 30.0 Å². The lowest BCUT2D eigenvalue weighted by molar-refractivity contribution is 0.0636. The van der Waals surface area contributed by atoms with Gasteiger partial charge in [0, 0.05) is 5.56 Å². The predicted octanol–water partition coefficient (Wildman–Crippen LogP) is 4.40. The predicted molar refractivity (Wildman–Crippen MR) is 107 cm³/mol. The number of carbonyl (C=O) groups excluding carboxylic acids is 1. The molecule has 6 nitrogen and oxygen atoms in total. The van der Waals surface area contributed by atoms with Crippen molar-refractivity contribution in [1.82, 2.24) is 4.98 Å². The smallest absolute Gasteiger partial charge is 0.412 e. The number of nitrogens with one attached hydrogen (secondary N) is 1. The SMILES string of the molecule is CC(C)(C)OC(=O)Nc1sc(-c2cccc([Si](C)(C)C)c2)nc1C(=O)O. The Labute approximate surface area is 158 Å². The fourth-order valence-corrected chi connectivity index (χ4v) is 4.31. The van der Waals surface area contributed by atoms with E-state index in [1.807, 2.05) is 18.2 Å². The molecule has 0 bridgehead atoms. The van der Waals surface area contributed by atoms with Crippen LogP contribution in [0.4, 0.5) is 9.80 Å². The van der Waals surface area contributed by atoms with Gasteiger partial charge in [-0.15, -0.1) is 0 Å². The first-order valence-corrected chi connectivity index (χ1v) is 12.5. The van der Waals surface area contributed by atoms with Crippen molar-refractivity contribution in [1.29, 1.82) is 0 Å². The van der Waals surface area contributed by atoms with Crippen LogP contribution in [-0.4, -0.2) is 35.8 Å². The first-order chi connectivity index (χ1) is 11.9. The maximum Gasteiger partial charge on any atom is 0.412 e. The van der Waals surface area contributed by atoms with Gasteiger partial charge in [-0.1, -0.05) is 60.4 Å². The van der Waals surface area contributed by atoms with Crippen molar-refractivity contribution in [2.24, 2.45) is 0 Å². The molecule has 8 heteroatoms. The van der Waals surface area contributed by atoms with Crippen LogP contribution in [0, 0.1) is 0 Å². The number of anilines is 1. The van der Waals surface area contributed by atoms with Gasteiger partial charge in [0.05, 0.1) is 8.07 Å². The topological polar surface area (TPSA) is 88.5 Å². The normalized spacial score (nSPS) is 11.9. The van der Waals surface area contributed by atoms with Crippen molar-refractivity contribution in [2.45, 2.75) is 46.0 Å². The minimum absolute atomic E-state index is 0.167. The number of benzene rings is 1. The Morgan fingerprint density at radius 2 is 1.88 bits per heavy atom. The van der Waals surface area contributed by atoms with Gasteiger partial charge >= 0.3 is 12.1 Å². The van der Waals surface area contributed by atoms with Gasteiger partial charge in [0.2, 0.25) is 0 Å². The molecule has 140 valence electrons. The van der Waals surface area contributed by atoms with Crippen LogP contribution >= 0.6 is 11.3 Å². The second kappa shape index (κ2) is 7.20. The minimum Gasteiger partial charge on any atom is -0.476 e. The standard InChI is InChI=1S/C18H24N2O4SSi/c1-18(2,3)24-17(23)20-15-13(16(21)22)19-14(25-15)11-8-7-9-12(10-11)26(4,5)6/h7-10H,1-6H3,(H,20,23)(H,21,22). The Hall–Kier alpha value is -2.19. The summed E-state index contributed by atoms with van der Waals surface area (Å²) in [6.07, 6.45) is -0.703. The second-order valence-corrected chi connectivity index (χ2v) is 14.0. The molecule has 0 aliphatic rings. The highest BCUT2D eigenvalue weighted by molar-refractivity contribution is 7.19. The number of hydrogen-bond acceptors (Lipinski definition) is 5. The summed E-state index contributed by atoms with van der Waals surface area (Å²) >= 11 is 1.13. The molecule has 1 aromatic heterocycles. The summed E-state index contributed by atoms with van der Waals surface area (Å²) in [6.45, 7) is 11.9. The maximum absolute atomic E-state index is 12.0. The van der Waals surface area contributed by atoms with Crippen LogP contribution in [-0.2, 0) is 4.74 Å². The molecule has 2 rings (SSSR count). The van der Waals surface area contributed by atoms with E-state index in [1.54, 1.807) is 20.8 Å². The fraction of sp³-hybridized carbons (Fsp3) is 0.389. The van der Waals surface area contributed by atoms with Crippen LogP contribution in [0.1, 0.15) is 31.3 Å². The molecule has 0 saturated carbocycles. The van der Waals surface area contributed by atoms with E-state index in [0.29, 0.717) is 5.01 Å². The lowest BCUT2D eigenvalue weighted by atomic mass is 10.2. The van der Waals surface area contributed by atoms with Gasteiger partial charge in [-0.05, 0) is 20.8 Å². The Bertz CT molecular complexity index is 834. The molecule has 0 radical (unpaired) electrons. The van der Waals surface area contributed by atoms with Crippen LogP contribution in [0.5, 0.6) is 0 Å². The van der Waals surface area contributed by atoms with E-state index in [1.165, 1.54) is 5.19 Å². The van der Waals surface area contributed by atoms with Gasteiger partial charge in [0.1, 0.15) is 15.6 Å². The van der Waals surface area contributed by atoms with Gasteiger partial charge in [0.15, 0.2) is 5.69 Å². The number of aromatic carboxylic acids is 1. The number of ether oxygens (including phenoxy) is 1. The van der Waals surface area contributed by atoms with Crippen LogP contribution < -0.4 is 10.5 Å². The summed E-state index contributed by atoms with van der Waals surface area (Å²) < 4.78 is 5.20. The molecule has 1 heterocycles. The molecular weight excluding hydrogens is 368 g/mol. The Morgan fingerprint density at radius 3 is 2.42 bits per heavy atom. The third-order valence-corrected chi connectivity index (χ3v) is 6.48. The van der Waals surface area contributed by atoms with Gasteiger partial charge in [-0.25, -0.2) is 14.6 Å². The molecule has 26 heavy (non-hydrogen) atoms. The summed E-state index contributed by atoms with van der Waals surface area (Å²) in [6, 6.07) is 7.98. The zero-order valence-electron chi connectivity index (χ0n) is 15.8. The molecule has 2 N–H and O–H groups in total. The number of nitrogens with zero attached hydrogens (tertiary/aromatic N) is 1. The van der Waals surface area contributed by atoms with Crippen molar-refractivity contribution in [2.75, 3.05) is 5.32 Å². The number of carboxylic acids is 1. The van der Waals surface area contributed by atoms with E-state index in [2.05, 4.69) is 36.0 Å².